The summed E-state index contributed by atoms with van der Waals surface area (Å²) in [4.78, 5) is 6.08. The van der Waals surface area contributed by atoms with Crippen LogP contribution in [0.3, 0.4) is 0 Å². The molecule has 2 aromatic carbocycles. The minimum atomic E-state index is -5.59. The van der Waals surface area contributed by atoms with E-state index in [1.165, 1.54) is 12.1 Å². The molecule has 34 heavy (non-hydrogen) atoms. The number of nitrogens with zero attached hydrogens (tertiary/aromatic N) is 4. The van der Waals surface area contributed by atoms with Gasteiger partial charge in [0, 0.05) is 38.1 Å². The van der Waals surface area contributed by atoms with Gasteiger partial charge in [-0.1, -0.05) is 36.4 Å². The van der Waals surface area contributed by atoms with Crippen molar-refractivity contribution in [3.05, 3.63) is 83.7 Å². The number of aromatic nitrogens is 2. The van der Waals surface area contributed by atoms with Gasteiger partial charge >= 0.3 is 15.5 Å². The van der Waals surface area contributed by atoms with E-state index in [2.05, 4.69) is 4.98 Å². The maximum absolute atomic E-state index is 14.3. The Morgan fingerprint density at radius 2 is 1.85 bits per heavy atom. The molecule has 2 heterocycles. The van der Waals surface area contributed by atoms with E-state index >= 15 is 0 Å². The molecule has 6 nitrogen and oxygen atoms in total. The summed E-state index contributed by atoms with van der Waals surface area (Å²) in [5.41, 5.74) is -3.17. The molecule has 0 saturated heterocycles. The zero-order chi connectivity index (χ0) is 24.5. The Balaban J connectivity index is 1.77. The number of aryl methyl sites for hydroxylation is 2. The number of halogens is 4. The highest BCUT2D eigenvalue weighted by molar-refractivity contribution is 7.89. The lowest BCUT2D eigenvalue weighted by molar-refractivity contribution is -0.0492. The zero-order valence-corrected chi connectivity index (χ0v) is 19.2. The number of benzene rings is 2. The number of hydrogen-bond acceptors (Lipinski definition) is 4. The highest BCUT2D eigenvalue weighted by Gasteiger charge is 2.51. The molecule has 1 aromatic heterocycles. The molecule has 0 fully saturated rings. The van der Waals surface area contributed by atoms with E-state index in [0.29, 0.717) is 34.1 Å². The van der Waals surface area contributed by atoms with Crippen LogP contribution in [-0.2, 0) is 36.6 Å². The molecule has 0 spiro atoms. The lowest BCUT2D eigenvalue weighted by atomic mass is 10.0. The van der Waals surface area contributed by atoms with Crippen molar-refractivity contribution in [3.63, 3.8) is 0 Å². The first kappa shape index (κ1) is 24.2. The van der Waals surface area contributed by atoms with Crippen molar-refractivity contribution in [1.82, 2.24) is 13.9 Å². The van der Waals surface area contributed by atoms with Gasteiger partial charge in [0.15, 0.2) is 0 Å². The van der Waals surface area contributed by atoms with Gasteiger partial charge in [0.1, 0.15) is 5.82 Å². The summed E-state index contributed by atoms with van der Waals surface area (Å²) in [7, 11) is -3.80. The summed E-state index contributed by atoms with van der Waals surface area (Å²) in [5.74, 6) is -0.557. The third-order valence-electron chi connectivity index (χ3n) is 5.89. The minimum absolute atomic E-state index is 0.191. The summed E-state index contributed by atoms with van der Waals surface area (Å²) in [5, 5.41) is 0. The third-order valence-corrected chi connectivity index (χ3v) is 7.43. The second-order valence-electron chi connectivity index (χ2n) is 8.35. The minimum Gasteiger partial charge on any atom is -0.361 e. The normalized spacial score (nSPS) is 17.4. The van der Waals surface area contributed by atoms with Gasteiger partial charge in [0.05, 0.1) is 18.6 Å². The first-order chi connectivity index (χ1) is 16.0. The van der Waals surface area contributed by atoms with Crippen LogP contribution in [0.25, 0.3) is 0 Å². The van der Waals surface area contributed by atoms with E-state index in [0.717, 1.165) is 11.6 Å². The van der Waals surface area contributed by atoms with E-state index < -0.39 is 40.5 Å². The van der Waals surface area contributed by atoms with Gasteiger partial charge < -0.3 is 9.47 Å². The SMILES string of the molecule is Cn1cnc(CN2c3cc(F)ccc3CN(S(=O)(=O)C(F)(F)F)C[C@@H]2CCc2ccccc2)c1. The van der Waals surface area contributed by atoms with E-state index in [9.17, 15) is 26.0 Å². The molecule has 1 aliphatic heterocycles. The van der Waals surface area contributed by atoms with Crippen LogP contribution in [-0.4, -0.2) is 40.4 Å². The quantitative estimate of drug-likeness (QED) is 0.480. The van der Waals surface area contributed by atoms with Crippen LogP contribution in [0.1, 0.15) is 23.2 Å². The Morgan fingerprint density at radius 1 is 1.12 bits per heavy atom. The van der Waals surface area contributed by atoms with Crippen LogP contribution < -0.4 is 4.90 Å². The van der Waals surface area contributed by atoms with Crippen molar-refractivity contribution >= 4 is 15.7 Å². The number of hydrogen-bond donors (Lipinski definition) is 0. The Hall–Kier alpha value is -2.92. The Morgan fingerprint density at radius 3 is 2.50 bits per heavy atom. The van der Waals surface area contributed by atoms with E-state index in [-0.39, 0.29) is 6.54 Å². The molecule has 0 saturated carbocycles. The highest BCUT2D eigenvalue weighted by Crippen LogP contribution is 2.36. The maximum Gasteiger partial charge on any atom is 0.511 e. The monoisotopic (exact) mass is 496 g/mol. The van der Waals surface area contributed by atoms with Crippen molar-refractivity contribution < 1.29 is 26.0 Å². The molecule has 0 unspecified atom stereocenters. The Labute approximate surface area is 195 Å². The average Bonchev–Trinajstić information content (AvgIpc) is 3.12. The van der Waals surface area contributed by atoms with Crippen LogP contribution >= 0.6 is 0 Å². The lowest BCUT2D eigenvalue weighted by Gasteiger charge is -2.34. The second-order valence-corrected chi connectivity index (χ2v) is 10.3. The maximum atomic E-state index is 14.3. The first-order valence-corrected chi connectivity index (χ1v) is 12.1. The molecule has 3 aromatic rings. The third kappa shape index (κ3) is 5.10. The standard InChI is InChI=1S/C23H24F4N4O2S/c1-29-13-20(28-16-29)14-31-21(10-7-17-5-3-2-4-6-17)15-30(34(32,33)23(25,26)27)12-18-8-9-19(24)11-22(18)31/h2-6,8-9,11,13,16,21H,7,10,12,14-15H2,1H3/t21-/m0/s1. The lowest BCUT2D eigenvalue weighted by Crippen LogP contribution is -2.47. The summed E-state index contributed by atoms with van der Waals surface area (Å²) in [6, 6.07) is 12.4. The molecule has 0 amide bonds. The number of imidazole rings is 1. The molecule has 4 rings (SSSR count). The van der Waals surface area contributed by atoms with Gasteiger partial charge in [-0.2, -0.15) is 17.5 Å². The van der Waals surface area contributed by atoms with Gasteiger partial charge in [0.2, 0.25) is 0 Å². The fraction of sp³-hybridized carbons (Fsp3) is 0.348. The first-order valence-electron chi connectivity index (χ1n) is 10.7. The Kier molecular flexibility index (Phi) is 6.68. The van der Waals surface area contributed by atoms with Gasteiger partial charge in [-0.25, -0.2) is 17.8 Å². The predicted octanol–water partition coefficient (Wildman–Crippen LogP) is 4.23. The van der Waals surface area contributed by atoms with Crippen LogP contribution in [0.4, 0.5) is 23.2 Å². The summed E-state index contributed by atoms with van der Waals surface area (Å²) < 4.78 is 81.8. The van der Waals surface area contributed by atoms with Crippen molar-refractivity contribution in [2.45, 2.75) is 37.5 Å². The topological polar surface area (TPSA) is 58.4 Å². The molecule has 1 atom stereocenters. The number of rotatable bonds is 6. The number of fused-ring (bicyclic) bond motifs is 1. The molecule has 1 aliphatic rings. The van der Waals surface area contributed by atoms with Gasteiger partial charge in [-0.15, -0.1) is 0 Å². The van der Waals surface area contributed by atoms with Crippen molar-refractivity contribution in [2.75, 3.05) is 11.4 Å². The highest BCUT2D eigenvalue weighted by atomic mass is 32.2. The Bertz CT molecular complexity index is 1250. The van der Waals surface area contributed by atoms with Crippen LogP contribution in [0.2, 0.25) is 0 Å². The largest absolute Gasteiger partial charge is 0.511 e. The van der Waals surface area contributed by atoms with Gasteiger partial charge in [-0.3, -0.25) is 0 Å². The molecular weight excluding hydrogens is 472 g/mol. The van der Waals surface area contributed by atoms with E-state index in [1.807, 2.05) is 30.3 Å². The molecule has 0 N–H and O–H groups in total. The molecule has 11 heteroatoms. The van der Waals surface area contributed by atoms with E-state index in [4.69, 9.17) is 0 Å². The number of alkyl halides is 3. The summed E-state index contributed by atoms with van der Waals surface area (Å²) in [6.07, 6.45) is 4.23. The summed E-state index contributed by atoms with van der Waals surface area (Å²) >= 11 is 0. The fourth-order valence-corrected chi connectivity index (χ4v) is 5.19. The van der Waals surface area contributed by atoms with E-state index in [1.54, 1.807) is 29.0 Å². The second kappa shape index (κ2) is 9.38. The predicted molar refractivity (Wildman–Crippen MR) is 120 cm³/mol. The van der Waals surface area contributed by atoms with Crippen LogP contribution in [0, 0.1) is 5.82 Å². The van der Waals surface area contributed by atoms with Gasteiger partial charge in [0.25, 0.3) is 0 Å². The van der Waals surface area contributed by atoms with Crippen molar-refractivity contribution in [2.24, 2.45) is 7.05 Å². The van der Waals surface area contributed by atoms with Crippen molar-refractivity contribution in [1.29, 1.82) is 0 Å². The molecular formula is C23H24F4N4O2S. The molecule has 0 bridgehead atoms. The van der Waals surface area contributed by atoms with Crippen LogP contribution in [0.15, 0.2) is 61.1 Å². The van der Waals surface area contributed by atoms with Gasteiger partial charge in [-0.05, 0) is 36.1 Å². The number of sulfonamides is 1. The van der Waals surface area contributed by atoms with Crippen molar-refractivity contribution in [3.8, 4) is 0 Å². The average molecular weight is 497 g/mol. The summed E-state index contributed by atoms with van der Waals surface area (Å²) in [6.45, 7) is -0.702. The number of anilines is 1. The molecule has 182 valence electrons. The fourth-order valence-electron chi connectivity index (χ4n) is 4.21. The van der Waals surface area contributed by atoms with Crippen LogP contribution in [0.5, 0.6) is 0 Å². The smallest absolute Gasteiger partial charge is 0.361 e. The molecule has 0 radical (unpaired) electrons. The molecule has 0 aliphatic carbocycles. The zero-order valence-electron chi connectivity index (χ0n) is 18.4.